The van der Waals surface area contributed by atoms with Crippen molar-refractivity contribution in [3.8, 4) is 0 Å². The van der Waals surface area contributed by atoms with Crippen molar-refractivity contribution in [3.05, 3.63) is 82.3 Å². The molecule has 0 spiro atoms. The van der Waals surface area contributed by atoms with Gasteiger partial charge in [-0.2, -0.15) is 0 Å². The lowest BCUT2D eigenvalue weighted by Gasteiger charge is -2.09. The molecule has 0 amide bonds. The Hall–Kier alpha value is -2.81. The Morgan fingerprint density at radius 1 is 1.00 bits per heavy atom. The maximum atomic E-state index is 11.9. The number of rotatable bonds is 3. The number of aromatic amines is 1. The first-order valence-corrected chi connectivity index (χ1v) is 7.88. The number of aryl methyl sites for hydroxylation is 3. The van der Waals surface area contributed by atoms with E-state index < -0.39 is 0 Å². The SMILES string of the molecule is Cc1[nH]ccc2c3ccc(=O)cc3n(CCc3ccccc3)c12. The third-order valence-corrected chi connectivity index (χ3v) is 4.45. The Balaban J connectivity index is 1.91. The van der Waals surface area contributed by atoms with Crippen LogP contribution in [-0.2, 0) is 13.0 Å². The molecule has 2 aromatic carbocycles. The summed E-state index contributed by atoms with van der Waals surface area (Å²) >= 11 is 0. The Labute approximate surface area is 134 Å². The van der Waals surface area contributed by atoms with Crippen LogP contribution >= 0.6 is 0 Å². The largest absolute Gasteiger partial charge is 0.364 e. The molecule has 4 rings (SSSR count). The Kier molecular flexibility index (Phi) is 3.27. The molecule has 2 heterocycles. The number of pyridine rings is 1. The zero-order chi connectivity index (χ0) is 15.8. The molecule has 0 saturated carbocycles. The van der Waals surface area contributed by atoms with E-state index in [0.717, 1.165) is 29.6 Å². The predicted octanol–water partition coefficient (Wildman–Crippen LogP) is 4.03. The van der Waals surface area contributed by atoms with Gasteiger partial charge in [-0.1, -0.05) is 30.3 Å². The maximum absolute atomic E-state index is 11.9. The average Bonchev–Trinajstić information content (AvgIpc) is 2.88. The minimum atomic E-state index is 0.0582. The Morgan fingerprint density at radius 2 is 1.83 bits per heavy atom. The molecule has 114 valence electrons. The maximum Gasteiger partial charge on any atom is 0.180 e. The van der Waals surface area contributed by atoms with E-state index in [1.54, 1.807) is 12.1 Å². The van der Waals surface area contributed by atoms with Gasteiger partial charge < -0.3 is 9.55 Å². The summed E-state index contributed by atoms with van der Waals surface area (Å²) in [5, 5.41) is 2.34. The number of hydrogen-bond donors (Lipinski definition) is 1. The lowest BCUT2D eigenvalue weighted by atomic mass is 10.1. The second kappa shape index (κ2) is 5.43. The lowest BCUT2D eigenvalue weighted by Crippen LogP contribution is -2.04. The molecule has 0 aliphatic carbocycles. The van der Waals surface area contributed by atoms with E-state index in [4.69, 9.17) is 0 Å². The molecule has 1 N–H and O–H groups in total. The fraction of sp³-hybridized carbons (Fsp3) is 0.150. The second-order valence-electron chi connectivity index (χ2n) is 5.93. The van der Waals surface area contributed by atoms with E-state index in [0.29, 0.717) is 0 Å². The van der Waals surface area contributed by atoms with Gasteiger partial charge in [-0.3, -0.25) is 4.79 Å². The lowest BCUT2D eigenvalue weighted by molar-refractivity contribution is 0.742. The van der Waals surface area contributed by atoms with Gasteiger partial charge in [0.2, 0.25) is 0 Å². The van der Waals surface area contributed by atoms with Crippen LogP contribution in [0.3, 0.4) is 0 Å². The standard InChI is InChI=1S/C20H18N2O/c1-14-20-18(9-11-21-14)17-8-7-16(23)13-19(17)22(20)12-10-15-5-3-2-4-6-15/h2-9,11,13,21H,10,12H2,1H3. The number of nitrogens with one attached hydrogen (secondary N) is 1. The second-order valence-corrected chi connectivity index (χ2v) is 5.93. The van der Waals surface area contributed by atoms with Crippen LogP contribution in [0.25, 0.3) is 21.8 Å². The Morgan fingerprint density at radius 3 is 2.65 bits per heavy atom. The molecule has 2 aromatic heterocycles. The van der Waals surface area contributed by atoms with Crippen LogP contribution in [0.1, 0.15) is 11.3 Å². The van der Waals surface area contributed by atoms with Crippen LogP contribution in [0.2, 0.25) is 0 Å². The van der Waals surface area contributed by atoms with E-state index >= 15 is 0 Å². The van der Waals surface area contributed by atoms with E-state index in [9.17, 15) is 4.79 Å². The van der Waals surface area contributed by atoms with E-state index in [2.05, 4.69) is 46.8 Å². The molecule has 23 heavy (non-hydrogen) atoms. The smallest absolute Gasteiger partial charge is 0.180 e. The number of aromatic nitrogens is 2. The normalized spacial score (nSPS) is 11.3. The third kappa shape index (κ3) is 2.34. The number of hydrogen-bond acceptors (Lipinski definition) is 1. The molecule has 0 aliphatic rings. The minimum absolute atomic E-state index is 0.0582. The summed E-state index contributed by atoms with van der Waals surface area (Å²) in [6, 6.07) is 17.9. The van der Waals surface area contributed by atoms with Crippen molar-refractivity contribution in [2.75, 3.05) is 0 Å². The van der Waals surface area contributed by atoms with Crippen molar-refractivity contribution in [1.29, 1.82) is 0 Å². The first-order chi connectivity index (χ1) is 11.2. The molecular weight excluding hydrogens is 284 g/mol. The van der Waals surface area contributed by atoms with E-state index in [1.807, 2.05) is 18.3 Å². The van der Waals surface area contributed by atoms with Gasteiger partial charge >= 0.3 is 0 Å². The average molecular weight is 302 g/mol. The first-order valence-electron chi connectivity index (χ1n) is 7.88. The monoisotopic (exact) mass is 302 g/mol. The molecule has 0 fully saturated rings. The molecule has 0 bridgehead atoms. The highest BCUT2D eigenvalue weighted by Gasteiger charge is 2.12. The van der Waals surface area contributed by atoms with Crippen LogP contribution in [-0.4, -0.2) is 9.55 Å². The number of nitrogens with zero attached hydrogens (tertiary/aromatic N) is 1. The van der Waals surface area contributed by atoms with Crippen molar-refractivity contribution in [1.82, 2.24) is 9.55 Å². The van der Waals surface area contributed by atoms with E-state index in [1.165, 1.54) is 16.5 Å². The van der Waals surface area contributed by atoms with Crippen LogP contribution in [0.5, 0.6) is 0 Å². The fourth-order valence-electron chi connectivity index (χ4n) is 3.37. The van der Waals surface area contributed by atoms with Crippen molar-refractivity contribution in [2.45, 2.75) is 19.9 Å². The predicted molar refractivity (Wildman–Crippen MR) is 94.9 cm³/mol. The summed E-state index contributed by atoms with van der Waals surface area (Å²) in [5.41, 5.74) is 4.69. The van der Waals surface area contributed by atoms with Crippen molar-refractivity contribution >= 4 is 21.8 Å². The van der Waals surface area contributed by atoms with Gasteiger partial charge in [-0.15, -0.1) is 0 Å². The third-order valence-electron chi connectivity index (χ3n) is 4.45. The molecule has 4 aromatic rings. The van der Waals surface area contributed by atoms with Gasteiger partial charge in [0.1, 0.15) is 0 Å². The first kappa shape index (κ1) is 13.8. The molecule has 0 unspecified atom stereocenters. The molecule has 0 saturated heterocycles. The number of benzene rings is 2. The van der Waals surface area contributed by atoms with Crippen LogP contribution in [0.4, 0.5) is 0 Å². The van der Waals surface area contributed by atoms with Crippen LogP contribution in [0, 0.1) is 6.92 Å². The van der Waals surface area contributed by atoms with Gasteiger partial charge in [0.05, 0.1) is 11.0 Å². The molecular formula is C20H18N2O. The highest BCUT2D eigenvalue weighted by Crippen LogP contribution is 2.29. The van der Waals surface area contributed by atoms with Crippen molar-refractivity contribution in [2.24, 2.45) is 0 Å². The molecule has 3 nitrogen and oxygen atoms in total. The van der Waals surface area contributed by atoms with E-state index in [-0.39, 0.29) is 5.43 Å². The van der Waals surface area contributed by atoms with Crippen LogP contribution < -0.4 is 5.43 Å². The van der Waals surface area contributed by atoms with Gasteiger partial charge in [0, 0.05) is 35.3 Å². The number of H-pyrrole nitrogens is 1. The van der Waals surface area contributed by atoms with Crippen LogP contribution in [0.15, 0.2) is 65.6 Å². The molecule has 0 aliphatic heterocycles. The van der Waals surface area contributed by atoms with Gasteiger partial charge in [0.25, 0.3) is 0 Å². The number of fused-ring (bicyclic) bond motifs is 3. The van der Waals surface area contributed by atoms with Gasteiger partial charge in [-0.05, 0) is 37.1 Å². The molecule has 0 atom stereocenters. The summed E-state index contributed by atoms with van der Waals surface area (Å²) in [7, 11) is 0. The summed E-state index contributed by atoms with van der Waals surface area (Å²) in [5.74, 6) is 0. The van der Waals surface area contributed by atoms with Gasteiger partial charge in [0.15, 0.2) is 5.43 Å². The summed E-state index contributed by atoms with van der Waals surface area (Å²) in [4.78, 5) is 15.1. The minimum Gasteiger partial charge on any atom is -0.364 e. The van der Waals surface area contributed by atoms with Crippen molar-refractivity contribution in [3.63, 3.8) is 0 Å². The van der Waals surface area contributed by atoms with Gasteiger partial charge in [-0.25, -0.2) is 0 Å². The Bertz CT molecular complexity index is 1040. The zero-order valence-corrected chi connectivity index (χ0v) is 13.0. The molecule has 0 radical (unpaired) electrons. The topological polar surface area (TPSA) is 37.8 Å². The van der Waals surface area contributed by atoms with Crippen molar-refractivity contribution < 1.29 is 0 Å². The summed E-state index contributed by atoms with van der Waals surface area (Å²) in [6.07, 6.45) is 2.90. The zero-order valence-electron chi connectivity index (χ0n) is 13.0. The fourth-order valence-corrected chi connectivity index (χ4v) is 3.37. The summed E-state index contributed by atoms with van der Waals surface area (Å²) in [6.45, 7) is 2.94. The highest BCUT2D eigenvalue weighted by molar-refractivity contribution is 6.08. The quantitative estimate of drug-likeness (QED) is 0.609. The molecule has 3 heteroatoms. The summed E-state index contributed by atoms with van der Waals surface area (Å²) < 4.78 is 2.27. The highest BCUT2D eigenvalue weighted by atomic mass is 16.1.